The molecule has 0 aliphatic rings. The maximum Gasteiger partial charge on any atom is 0.422 e. The molecule has 0 radical (unpaired) electrons. The van der Waals surface area contributed by atoms with E-state index in [9.17, 15) is 4.79 Å². The minimum Gasteiger partial charge on any atom is -0.467 e. The zero-order valence-corrected chi connectivity index (χ0v) is 11.3. The Morgan fingerprint density at radius 1 is 1.29 bits per heavy atom. The van der Waals surface area contributed by atoms with Crippen LogP contribution < -0.4 is 15.2 Å². The standard InChI is InChI=1S/C12H11N5O4/c1-16-12(18)17(10(15-16)19-2)8-5-3-4-6-9(8)20-11-13-7-14-21-11/h3-7H,1-2H3. The Balaban J connectivity index is 2.13. The van der Waals surface area contributed by atoms with E-state index in [1.54, 1.807) is 24.3 Å². The first kappa shape index (κ1) is 12.9. The van der Waals surface area contributed by atoms with Crippen molar-refractivity contribution >= 4 is 0 Å². The van der Waals surface area contributed by atoms with Crippen LogP contribution in [0.15, 0.2) is 39.9 Å². The summed E-state index contributed by atoms with van der Waals surface area (Å²) in [5.74, 6) is 0.357. The predicted molar refractivity (Wildman–Crippen MR) is 69.7 cm³/mol. The van der Waals surface area contributed by atoms with E-state index >= 15 is 0 Å². The van der Waals surface area contributed by atoms with Gasteiger partial charge in [-0.2, -0.15) is 4.98 Å². The molecule has 3 rings (SSSR count). The lowest BCUT2D eigenvalue weighted by atomic mass is 10.3. The van der Waals surface area contributed by atoms with Gasteiger partial charge in [0.2, 0.25) is 0 Å². The monoisotopic (exact) mass is 289 g/mol. The normalized spacial score (nSPS) is 10.6. The van der Waals surface area contributed by atoms with Crippen LogP contribution in [-0.4, -0.2) is 31.6 Å². The van der Waals surface area contributed by atoms with Gasteiger partial charge in [0.05, 0.1) is 12.8 Å². The minimum absolute atomic E-state index is 0.0293. The molecule has 0 N–H and O–H groups in total. The van der Waals surface area contributed by atoms with Crippen molar-refractivity contribution in [2.45, 2.75) is 0 Å². The molecule has 2 aromatic heterocycles. The van der Waals surface area contributed by atoms with E-state index in [0.29, 0.717) is 11.4 Å². The number of para-hydroxylation sites is 2. The molecule has 0 bridgehead atoms. The second kappa shape index (κ2) is 5.12. The van der Waals surface area contributed by atoms with Crippen LogP contribution in [0, 0.1) is 0 Å². The smallest absolute Gasteiger partial charge is 0.422 e. The van der Waals surface area contributed by atoms with Gasteiger partial charge in [-0.1, -0.05) is 17.3 Å². The van der Waals surface area contributed by atoms with Crippen LogP contribution in [0.25, 0.3) is 5.69 Å². The lowest BCUT2D eigenvalue weighted by Crippen LogP contribution is -2.22. The average molecular weight is 289 g/mol. The van der Waals surface area contributed by atoms with Crippen molar-refractivity contribution in [2.24, 2.45) is 7.05 Å². The van der Waals surface area contributed by atoms with Crippen LogP contribution in [0.1, 0.15) is 0 Å². The van der Waals surface area contributed by atoms with Crippen molar-refractivity contribution < 1.29 is 14.0 Å². The topological polar surface area (TPSA) is 97.2 Å². The number of benzene rings is 1. The molecule has 0 saturated carbocycles. The lowest BCUT2D eigenvalue weighted by Gasteiger charge is -2.09. The minimum atomic E-state index is -0.367. The fourth-order valence-electron chi connectivity index (χ4n) is 1.81. The van der Waals surface area contributed by atoms with Crippen LogP contribution in [-0.2, 0) is 7.05 Å². The fourth-order valence-corrected chi connectivity index (χ4v) is 1.81. The molecular weight excluding hydrogens is 278 g/mol. The number of hydrogen-bond acceptors (Lipinski definition) is 7. The first-order chi connectivity index (χ1) is 10.2. The van der Waals surface area contributed by atoms with Gasteiger partial charge < -0.3 is 9.47 Å². The van der Waals surface area contributed by atoms with Gasteiger partial charge in [0.25, 0.3) is 0 Å². The number of ether oxygens (including phenoxy) is 2. The molecule has 108 valence electrons. The molecule has 0 aliphatic carbocycles. The van der Waals surface area contributed by atoms with E-state index in [1.165, 1.54) is 29.7 Å². The number of aromatic nitrogens is 5. The number of methoxy groups -OCH3 is 1. The molecule has 1 aromatic carbocycles. The van der Waals surface area contributed by atoms with Gasteiger partial charge in [-0.15, -0.1) is 5.10 Å². The third-order valence-corrected chi connectivity index (χ3v) is 2.72. The Morgan fingerprint density at radius 3 is 2.81 bits per heavy atom. The summed E-state index contributed by atoms with van der Waals surface area (Å²) in [6.07, 6.45) is 1.19. The maximum atomic E-state index is 12.2. The predicted octanol–water partition coefficient (Wildman–Crippen LogP) is 0.755. The molecule has 9 nitrogen and oxygen atoms in total. The highest BCUT2D eigenvalue weighted by Crippen LogP contribution is 2.27. The van der Waals surface area contributed by atoms with E-state index in [2.05, 4.69) is 15.2 Å². The molecule has 2 heterocycles. The van der Waals surface area contributed by atoms with Gasteiger partial charge in [-0.05, 0) is 12.1 Å². The first-order valence-corrected chi connectivity index (χ1v) is 5.94. The van der Waals surface area contributed by atoms with E-state index in [4.69, 9.17) is 14.0 Å². The second-order valence-corrected chi connectivity index (χ2v) is 4.01. The third-order valence-electron chi connectivity index (χ3n) is 2.72. The Labute approximate surface area is 118 Å². The highest BCUT2D eigenvalue weighted by molar-refractivity contribution is 5.48. The van der Waals surface area contributed by atoms with Crippen molar-refractivity contribution in [1.82, 2.24) is 24.5 Å². The van der Waals surface area contributed by atoms with Crippen molar-refractivity contribution in [2.75, 3.05) is 7.11 Å². The number of aryl methyl sites for hydroxylation is 1. The highest BCUT2D eigenvalue weighted by atomic mass is 16.6. The molecule has 0 unspecified atom stereocenters. The summed E-state index contributed by atoms with van der Waals surface area (Å²) in [7, 11) is 2.96. The van der Waals surface area contributed by atoms with Gasteiger partial charge in [-0.25, -0.2) is 14.0 Å². The maximum absolute atomic E-state index is 12.2. The van der Waals surface area contributed by atoms with Crippen molar-refractivity contribution in [3.05, 3.63) is 41.1 Å². The van der Waals surface area contributed by atoms with Crippen LogP contribution in [0.4, 0.5) is 0 Å². The summed E-state index contributed by atoms with van der Waals surface area (Å²) in [5, 5.41) is 7.44. The third kappa shape index (κ3) is 2.24. The Kier molecular flexibility index (Phi) is 3.14. The lowest BCUT2D eigenvalue weighted by molar-refractivity contribution is 0.279. The molecule has 0 fully saturated rings. The molecule has 3 aromatic rings. The Bertz CT molecular complexity index is 805. The summed E-state index contributed by atoms with van der Waals surface area (Å²) in [6, 6.07) is 7.01. The van der Waals surface area contributed by atoms with Gasteiger partial charge in [0.1, 0.15) is 0 Å². The summed E-state index contributed by atoms with van der Waals surface area (Å²) in [5.41, 5.74) is 0.0825. The van der Waals surface area contributed by atoms with Crippen molar-refractivity contribution in [3.63, 3.8) is 0 Å². The SMILES string of the molecule is COc1nn(C)c(=O)n1-c1ccccc1Oc1ncno1. The average Bonchev–Trinajstić information content (AvgIpc) is 3.09. The number of hydrogen-bond donors (Lipinski definition) is 0. The van der Waals surface area contributed by atoms with Crippen LogP contribution >= 0.6 is 0 Å². The van der Waals surface area contributed by atoms with Crippen molar-refractivity contribution in [3.8, 4) is 23.5 Å². The highest BCUT2D eigenvalue weighted by Gasteiger charge is 2.18. The van der Waals surface area contributed by atoms with Crippen LogP contribution in [0.5, 0.6) is 17.8 Å². The molecule has 0 amide bonds. The summed E-state index contributed by atoms with van der Waals surface area (Å²) in [6.45, 7) is 0. The second-order valence-electron chi connectivity index (χ2n) is 4.01. The van der Waals surface area contributed by atoms with Gasteiger partial charge in [0.15, 0.2) is 12.1 Å². The number of rotatable bonds is 4. The number of nitrogens with zero attached hydrogens (tertiary/aromatic N) is 5. The van der Waals surface area contributed by atoms with Crippen LogP contribution in [0.3, 0.4) is 0 Å². The molecule has 9 heteroatoms. The van der Waals surface area contributed by atoms with E-state index in [1.807, 2.05) is 0 Å². The largest absolute Gasteiger partial charge is 0.467 e. The van der Waals surface area contributed by atoms with Crippen LogP contribution in [0.2, 0.25) is 0 Å². The first-order valence-electron chi connectivity index (χ1n) is 5.94. The van der Waals surface area contributed by atoms with Gasteiger partial charge in [-0.3, -0.25) is 4.52 Å². The summed E-state index contributed by atoms with van der Waals surface area (Å²) >= 11 is 0. The van der Waals surface area contributed by atoms with E-state index in [-0.39, 0.29) is 17.8 Å². The molecule has 0 aliphatic heterocycles. The zero-order valence-electron chi connectivity index (χ0n) is 11.3. The summed E-state index contributed by atoms with van der Waals surface area (Å²) in [4.78, 5) is 16.0. The molecule has 0 saturated heterocycles. The molecule has 0 atom stereocenters. The molecule has 0 spiro atoms. The molecular formula is C12H11N5O4. The zero-order chi connectivity index (χ0) is 14.8. The Morgan fingerprint density at radius 2 is 2.10 bits per heavy atom. The Hall–Kier alpha value is -3.10. The van der Waals surface area contributed by atoms with Gasteiger partial charge in [0, 0.05) is 7.05 Å². The fraction of sp³-hybridized carbons (Fsp3) is 0.167. The van der Waals surface area contributed by atoms with E-state index in [0.717, 1.165) is 0 Å². The molecule has 21 heavy (non-hydrogen) atoms. The van der Waals surface area contributed by atoms with Gasteiger partial charge >= 0.3 is 17.8 Å². The summed E-state index contributed by atoms with van der Waals surface area (Å²) < 4.78 is 17.8. The quantitative estimate of drug-likeness (QED) is 0.699. The van der Waals surface area contributed by atoms with E-state index < -0.39 is 0 Å². The van der Waals surface area contributed by atoms with Crippen molar-refractivity contribution in [1.29, 1.82) is 0 Å².